The SMILES string of the molecule is CC(=O)c1ccc(-n2c(=O)c3c(n4ncc(Cc5ccccc5)c24)CN(C(=O)c2ccc(Br)c(C#N)c2)CC3)cc1. The second-order valence-electron chi connectivity index (χ2n) is 10.0. The van der Waals surface area contributed by atoms with Gasteiger partial charge in [-0.25, -0.2) is 4.52 Å². The lowest BCUT2D eigenvalue weighted by atomic mass is 10.0. The molecular formula is C32H24BrN5O3. The number of Topliss-reactive ketones (excluding diaryl/α,β-unsaturated/α-hetero) is 1. The first kappa shape index (κ1) is 26.4. The summed E-state index contributed by atoms with van der Waals surface area (Å²) in [5.74, 6) is -0.264. The van der Waals surface area contributed by atoms with Gasteiger partial charge in [-0.2, -0.15) is 10.4 Å². The van der Waals surface area contributed by atoms with E-state index in [4.69, 9.17) is 5.10 Å². The monoisotopic (exact) mass is 605 g/mol. The summed E-state index contributed by atoms with van der Waals surface area (Å²) >= 11 is 3.34. The number of benzene rings is 3. The Hall–Kier alpha value is -4.81. The van der Waals surface area contributed by atoms with Crippen LogP contribution >= 0.6 is 15.9 Å². The molecule has 0 bridgehead atoms. The van der Waals surface area contributed by atoms with Crippen LogP contribution in [0.4, 0.5) is 0 Å². The Balaban J connectivity index is 1.49. The van der Waals surface area contributed by atoms with Crippen molar-refractivity contribution in [3.63, 3.8) is 0 Å². The fourth-order valence-electron chi connectivity index (χ4n) is 5.34. The summed E-state index contributed by atoms with van der Waals surface area (Å²) in [5.41, 5.74) is 5.65. The van der Waals surface area contributed by atoms with Crippen LogP contribution in [0, 0.1) is 11.3 Å². The fraction of sp³-hybridized carbons (Fsp3) is 0.156. The van der Waals surface area contributed by atoms with Gasteiger partial charge in [0.25, 0.3) is 11.5 Å². The number of carbonyl (C=O) groups excluding carboxylic acids is 2. The average Bonchev–Trinajstić information content (AvgIpc) is 3.40. The van der Waals surface area contributed by atoms with Gasteiger partial charge in [-0.05, 0) is 77.3 Å². The molecule has 0 radical (unpaired) electrons. The molecule has 8 nitrogen and oxygen atoms in total. The van der Waals surface area contributed by atoms with Crippen molar-refractivity contribution in [2.24, 2.45) is 0 Å². The largest absolute Gasteiger partial charge is 0.332 e. The molecule has 6 rings (SSSR count). The third-order valence-electron chi connectivity index (χ3n) is 7.46. The van der Waals surface area contributed by atoms with Gasteiger partial charge >= 0.3 is 0 Å². The van der Waals surface area contributed by atoms with E-state index in [0.717, 1.165) is 11.1 Å². The molecule has 0 saturated heterocycles. The lowest BCUT2D eigenvalue weighted by Gasteiger charge is -2.30. The van der Waals surface area contributed by atoms with E-state index in [2.05, 4.69) is 22.0 Å². The molecule has 1 amide bonds. The molecule has 3 heterocycles. The Morgan fingerprint density at radius 1 is 1.02 bits per heavy atom. The summed E-state index contributed by atoms with van der Waals surface area (Å²) in [6.45, 7) is 2.07. The molecule has 0 atom stereocenters. The first-order valence-corrected chi connectivity index (χ1v) is 13.9. The second-order valence-corrected chi connectivity index (χ2v) is 10.9. The maximum absolute atomic E-state index is 14.1. The molecule has 1 aliphatic heterocycles. The van der Waals surface area contributed by atoms with Crippen LogP contribution in [-0.2, 0) is 19.4 Å². The molecule has 202 valence electrons. The van der Waals surface area contributed by atoms with Crippen molar-refractivity contribution in [2.45, 2.75) is 26.3 Å². The topological polar surface area (TPSA) is 100 Å². The van der Waals surface area contributed by atoms with Crippen LogP contribution in [0.1, 0.15) is 55.6 Å². The Kier molecular flexibility index (Phi) is 6.85. The van der Waals surface area contributed by atoms with Crippen LogP contribution in [-0.4, -0.2) is 37.3 Å². The van der Waals surface area contributed by atoms with E-state index < -0.39 is 0 Å². The van der Waals surface area contributed by atoms with Crippen molar-refractivity contribution in [3.8, 4) is 11.8 Å². The van der Waals surface area contributed by atoms with E-state index in [9.17, 15) is 19.6 Å². The van der Waals surface area contributed by atoms with Crippen molar-refractivity contribution < 1.29 is 9.59 Å². The van der Waals surface area contributed by atoms with E-state index >= 15 is 0 Å². The molecule has 2 aromatic heterocycles. The maximum atomic E-state index is 14.1. The van der Waals surface area contributed by atoms with Crippen LogP contribution < -0.4 is 5.56 Å². The van der Waals surface area contributed by atoms with E-state index in [-0.39, 0.29) is 23.8 Å². The van der Waals surface area contributed by atoms with Gasteiger partial charge in [0.1, 0.15) is 11.7 Å². The number of nitriles is 1. The van der Waals surface area contributed by atoms with Crippen molar-refractivity contribution >= 4 is 33.3 Å². The normalized spacial score (nSPS) is 12.7. The van der Waals surface area contributed by atoms with E-state index in [1.165, 1.54) is 6.92 Å². The molecular weight excluding hydrogens is 582 g/mol. The van der Waals surface area contributed by atoms with Crippen molar-refractivity contribution in [1.29, 1.82) is 5.26 Å². The minimum absolute atomic E-state index is 0.0500. The zero-order valence-corrected chi connectivity index (χ0v) is 23.8. The quantitative estimate of drug-likeness (QED) is 0.259. The van der Waals surface area contributed by atoms with Gasteiger partial charge in [-0.3, -0.25) is 19.0 Å². The first-order valence-electron chi connectivity index (χ1n) is 13.1. The number of fused-ring (bicyclic) bond motifs is 3. The number of amides is 1. The summed E-state index contributed by atoms with van der Waals surface area (Å²) in [5, 5.41) is 14.1. The predicted molar refractivity (Wildman–Crippen MR) is 157 cm³/mol. The highest BCUT2D eigenvalue weighted by atomic mass is 79.9. The minimum atomic E-state index is -0.214. The maximum Gasteiger partial charge on any atom is 0.261 e. The zero-order valence-electron chi connectivity index (χ0n) is 22.2. The Morgan fingerprint density at radius 3 is 2.46 bits per heavy atom. The summed E-state index contributed by atoms with van der Waals surface area (Å²) in [4.78, 5) is 41.2. The van der Waals surface area contributed by atoms with Crippen LogP contribution in [0.2, 0.25) is 0 Å². The molecule has 0 fully saturated rings. The Morgan fingerprint density at radius 2 is 1.76 bits per heavy atom. The van der Waals surface area contributed by atoms with Gasteiger partial charge in [-0.1, -0.05) is 30.3 Å². The molecule has 0 spiro atoms. The molecule has 0 aliphatic carbocycles. The highest BCUT2D eigenvalue weighted by molar-refractivity contribution is 9.10. The molecule has 0 saturated carbocycles. The number of halogens is 1. The standard InChI is InChI=1S/C32H24BrN5O3/c1-20(39)22-7-10-26(11-8-22)37-30-25(15-21-5-3-2-4-6-21)18-35-38(30)29-19-36(14-13-27(29)32(37)41)31(40)23-9-12-28(33)24(16-23)17-34/h2-12,16,18H,13-15,19H2,1H3. The van der Waals surface area contributed by atoms with Gasteiger partial charge in [-0.15, -0.1) is 0 Å². The summed E-state index contributed by atoms with van der Waals surface area (Å²) in [6, 6.07) is 24.0. The van der Waals surface area contributed by atoms with E-state index in [0.29, 0.717) is 63.1 Å². The van der Waals surface area contributed by atoms with Crippen molar-refractivity contribution in [2.75, 3.05) is 6.54 Å². The van der Waals surface area contributed by atoms with Gasteiger partial charge in [0.05, 0.1) is 29.7 Å². The fourth-order valence-corrected chi connectivity index (χ4v) is 5.67. The molecule has 0 unspecified atom stereocenters. The van der Waals surface area contributed by atoms with E-state index in [1.54, 1.807) is 62.6 Å². The number of hydrogen-bond acceptors (Lipinski definition) is 5. The number of rotatable bonds is 5. The zero-order chi connectivity index (χ0) is 28.7. The second kappa shape index (κ2) is 10.6. The Bertz CT molecular complexity index is 1940. The van der Waals surface area contributed by atoms with Crippen LogP contribution in [0.5, 0.6) is 0 Å². The van der Waals surface area contributed by atoms with Crippen molar-refractivity contribution in [3.05, 3.63) is 133 Å². The molecule has 0 N–H and O–H groups in total. The molecule has 5 aromatic rings. The summed E-state index contributed by atoms with van der Waals surface area (Å²) in [7, 11) is 0. The number of carbonyl (C=O) groups is 2. The van der Waals surface area contributed by atoms with Crippen LogP contribution in [0.25, 0.3) is 11.3 Å². The number of aromatic nitrogens is 3. The summed E-state index contributed by atoms with van der Waals surface area (Å²) < 4.78 is 4.07. The molecule has 3 aromatic carbocycles. The molecule has 9 heteroatoms. The molecule has 41 heavy (non-hydrogen) atoms. The molecule has 1 aliphatic rings. The summed E-state index contributed by atoms with van der Waals surface area (Å²) in [6.07, 6.45) is 2.70. The smallest absolute Gasteiger partial charge is 0.261 e. The number of nitrogens with zero attached hydrogens (tertiary/aromatic N) is 5. The lowest BCUT2D eigenvalue weighted by molar-refractivity contribution is 0.0729. The minimum Gasteiger partial charge on any atom is -0.332 e. The van der Waals surface area contributed by atoms with Gasteiger partial charge in [0.15, 0.2) is 5.78 Å². The number of ketones is 1. The third-order valence-corrected chi connectivity index (χ3v) is 8.15. The third kappa shape index (κ3) is 4.77. The Labute approximate surface area is 244 Å². The number of hydrogen-bond donors (Lipinski definition) is 0. The van der Waals surface area contributed by atoms with Crippen LogP contribution in [0.15, 0.2) is 88.3 Å². The lowest BCUT2D eigenvalue weighted by Crippen LogP contribution is -2.41. The average molecular weight is 606 g/mol. The van der Waals surface area contributed by atoms with Gasteiger partial charge in [0, 0.05) is 39.7 Å². The van der Waals surface area contributed by atoms with Crippen molar-refractivity contribution in [1.82, 2.24) is 19.1 Å². The van der Waals surface area contributed by atoms with E-state index in [1.807, 2.05) is 30.3 Å². The first-order chi connectivity index (χ1) is 19.9. The highest BCUT2D eigenvalue weighted by Crippen LogP contribution is 2.26. The van der Waals surface area contributed by atoms with Crippen LogP contribution in [0.3, 0.4) is 0 Å². The highest BCUT2D eigenvalue weighted by Gasteiger charge is 2.29. The van der Waals surface area contributed by atoms with Gasteiger partial charge in [0.2, 0.25) is 0 Å². The van der Waals surface area contributed by atoms with Gasteiger partial charge < -0.3 is 4.90 Å². The predicted octanol–water partition coefficient (Wildman–Crippen LogP) is 5.11.